The van der Waals surface area contributed by atoms with Crippen molar-refractivity contribution in [3.8, 4) is 5.75 Å². The minimum Gasteiger partial charge on any atom is -0.406 e. The molecule has 2 saturated carbocycles. The van der Waals surface area contributed by atoms with Crippen molar-refractivity contribution in [3.63, 3.8) is 0 Å². The van der Waals surface area contributed by atoms with E-state index in [2.05, 4.69) is 10.1 Å². The summed E-state index contributed by atoms with van der Waals surface area (Å²) in [7, 11) is 0. The first-order valence-corrected chi connectivity index (χ1v) is 8.70. The monoisotopic (exact) mass is 356 g/mol. The third kappa shape index (κ3) is 4.66. The number of carbonyl (C=O) groups is 1. The number of fused-ring (bicyclic) bond motifs is 2. The van der Waals surface area contributed by atoms with Gasteiger partial charge < -0.3 is 15.8 Å². The maximum absolute atomic E-state index is 12.4. The minimum atomic E-state index is -4.70. The number of nitrogens with two attached hydrogens (primary N) is 1. The standard InChI is InChI=1S/C18H23F3N2O2/c19-18(20,21)25-15-6-4-11(5-7-15)10-23-17(24)14-8-12-2-1-3-13(9-14)16(12)22/h4-7,12-14,16H,1-3,8-10,22H2,(H,23,24). The molecule has 25 heavy (non-hydrogen) atoms. The molecule has 0 aromatic heterocycles. The van der Waals surface area contributed by atoms with Gasteiger partial charge in [-0.3, -0.25) is 4.79 Å². The van der Waals surface area contributed by atoms with Crippen LogP contribution < -0.4 is 15.8 Å². The molecule has 3 N–H and O–H groups in total. The lowest BCUT2D eigenvalue weighted by atomic mass is 9.65. The third-order valence-electron chi connectivity index (χ3n) is 5.41. The second-order valence-corrected chi connectivity index (χ2v) is 7.11. The summed E-state index contributed by atoms with van der Waals surface area (Å²) < 4.78 is 40.2. The first kappa shape index (κ1) is 18.0. The molecule has 2 aliphatic carbocycles. The van der Waals surface area contributed by atoms with Crippen LogP contribution in [0.1, 0.15) is 37.7 Å². The SMILES string of the molecule is NC1C2CCCC1CC(C(=O)NCc1ccc(OC(F)(F)F)cc1)C2. The first-order chi connectivity index (χ1) is 11.8. The van der Waals surface area contributed by atoms with E-state index in [1.54, 1.807) is 0 Å². The Balaban J connectivity index is 1.51. The number of amides is 1. The number of hydrogen-bond acceptors (Lipinski definition) is 3. The Morgan fingerprint density at radius 1 is 1.16 bits per heavy atom. The molecular formula is C18H23F3N2O2. The minimum absolute atomic E-state index is 0.0112. The molecule has 1 aromatic rings. The summed E-state index contributed by atoms with van der Waals surface area (Å²) in [6, 6.07) is 5.76. The molecule has 7 heteroatoms. The van der Waals surface area contributed by atoms with Gasteiger partial charge in [-0.15, -0.1) is 13.2 Å². The van der Waals surface area contributed by atoms with Gasteiger partial charge in [-0.1, -0.05) is 18.6 Å². The lowest BCUT2D eigenvalue weighted by Gasteiger charge is -2.43. The van der Waals surface area contributed by atoms with Gasteiger partial charge >= 0.3 is 6.36 Å². The highest BCUT2D eigenvalue weighted by Crippen LogP contribution is 2.41. The molecule has 0 saturated heterocycles. The fourth-order valence-electron chi connectivity index (χ4n) is 4.15. The number of ether oxygens (including phenoxy) is 1. The molecule has 138 valence electrons. The van der Waals surface area contributed by atoms with Gasteiger partial charge in [0.05, 0.1) is 0 Å². The van der Waals surface area contributed by atoms with E-state index < -0.39 is 6.36 Å². The normalized spacial score (nSPS) is 29.1. The lowest BCUT2D eigenvalue weighted by molar-refractivity contribution is -0.274. The maximum Gasteiger partial charge on any atom is 0.573 e. The summed E-state index contributed by atoms with van der Waals surface area (Å²) in [4.78, 5) is 12.4. The van der Waals surface area contributed by atoms with Crippen molar-refractivity contribution in [1.82, 2.24) is 5.32 Å². The zero-order valence-corrected chi connectivity index (χ0v) is 13.9. The zero-order chi connectivity index (χ0) is 18.0. The summed E-state index contributed by atoms with van der Waals surface area (Å²) >= 11 is 0. The van der Waals surface area contributed by atoms with Gasteiger partial charge in [-0.2, -0.15) is 0 Å². The Morgan fingerprint density at radius 2 is 1.76 bits per heavy atom. The van der Waals surface area contributed by atoms with E-state index in [-0.39, 0.29) is 23.6 Å². The fourth-order valence-corrected chi connectivity index (χ4v) is 4.15. The molecule has 2 bridgehead atoms. The first-order valence-electron chi connectivity index (χ1n) is 8.70. The molecule has 2 unspecified atom stereocenters. The lowest BCUT2D eigenvalue weighted by Crippen LogP contribution is -2.49. The highest BCUT2D eigenvalue weighted by molar-refractivity contribution is 5.78. The van der Waals surface area contributed by atoms with E-state index in [0.717, 1.165) is 31.2 Å². The molecule has 1 amide bonds. The van der Waals surface area contributed by atoms with Crippen LogP contribution in [0.5, 0.6) is 5.75 Å². The molecule has 1 aromatic carbocycles. The third-order valence-corrected chi connectivity index (χ3v) is 5.41. The number of nitrogens with one attached hydrogen (secondary N) is 1. The zero-order valence-electron chi connectivity index (χ0n) is 13.9. The van der Waals surface area contributed by atoms with Gasteiger partial charge in [0, 0.05) is 18.5 Å². The van der Waals surface area contributed by atoms with Crippen LogP contribution in [0, 0.1) is 17.8 Å². The van der Waals surface area contributed by atoms with Gasteiger partial charge in [-0.05, 0) is 55.2 Å². The molecule has 2 aliphatic rings. The summed E-state index contributed by atoms with van der Waals surface area (Å²) in [6.45, 7) is 0.295. The fraction of sp³-hybridized carbons (Fsp3) is 0.611. The number of alkyl halides is 3. The van der Waals surface area contributed by atoms with Gasteiger partial charge in [0.1, 0.15) is 5.75 Å². The van der Waals surface area contributed by atoms with E-state index in [0.29, 0.717) is 18.4 Å². The van der Waals surface area contributed by atoms with E-state index in [1.165, 1.54) is 30.7 Å². The topological polar surface area (TPSA) is 64.4 Å². The van der Waals surface area contributed by atoms with Crippen molar-refractivity contribution in [3.05, 3.63) is 29.8 Å². The molecule has 0 spiro atoms. The Kier molecular flexibility index (Phi) is 5.22. The average molecular weight is 356 g/mol. The highest BCUT2D eigenvalue weighted by Gasteiger charge is 2.40. The van der Waals surface area contributed by atoms with Crippen LogP contribution in [0.15, 0.2) is 24.3 Å². The molecule has 3 rings (SSSR count). The van der Waals surface area contributed by atoms with Gasteiger partial charge in [-0.25, -0.2) is 0 Å². The van der Waals surface area contributed by atoms with Crippen LogP contribution in [0.25, 0.3) is 0 Å². The molecule has 0 heterocycles. The predicted molar refractivity (Wildman–Crippen MR) is 86.5 cm³/mol. The van der Waals surface area contributed by atoms with Gasteiger partial charge in [0.25, 0.3) is 0 Å². The molecule has 0 radical (unpaired) electrons. The van der Waals surface area contributed by atoms with Crippen LogP contribution >= 0.6 is 0 Å². The van der Waals surface area contributed by atoms with E-state index in [1.807, 2.05) is 0 Å². The Bertz CT molecular complexity index is 589. The number of rotatable bonds is 4. The van der Waals surface area contributed by atoms with Crippen molar-refractivity contribution in [2.75, 3.05) is 0 Å². The largest absolute Gasteiger partial charge is 0.573 e. The molecule has 0 aliphatic heterocycles. The maximum atomic E-state index is 12.4. The summed E-state index contributed by atoms with van der Waals surface area (Å²) in [5.74, 6) is 0.600. The van der Waals surface area contributed by atoms with Crippen LogP contribution in [0.3, 0.4) is 0 Å². The number of carbonyl (C=O) groups excluding carboxylic acids is 1. The Labute approximate surface area is 144 Å². The van der Waals surface area contributed by atoms with Crippen molar-refractivity contribution >= 4 is 5.91 Å². The summed E-state index contributed by atoms with van der Waals surface area (Å²) in [6.07, 6.45) is 0.368. The average Bonchev–Trinajstić information content (AvgIpc) is 2.52. The second-order valence-electron chi connectivity index (χ2n) is 7.11. The van der Waals surface area contributed by atoms with Crippen molar-refractivity contribution < 1.29 is 22.7 Å². The van der Waals surface area contributed by atoms with Crippen LogP contribution in [0.4, 0.5) is 13.2 Å². The van der Waals surface area contributed by atoms with E-state index in [9.17, 15) is 18.0 Å². The summed E-state index contributed by atoms with van der Waals surface area (Å²) in [5, 5.41) is 2.90. The Hall–Kier alpha value is -1.76. The Morgan fingerprint density at radius 3 is 2.32 bits per heavy atom. The van der Waals surface area contributed by atoms with E-state index in [4.69, 9.17) is 5.73 Å². The smallest absolute Gasteiger partial charge is 0.406 e. The molecule has 4 nitrogen and oxygen atoms in total. The predicted octanol–water partition coefficient (Wildman–Crippen LogP) is 3.36. The molecule has 2 atom stereocenters. The van der Waals surface area contributed by atoms with Crippen molar-refractivity contribution in [2.24, 2.45) is 23.5 Å². The number of halogens is 3. The van der Waals surface area contributed by atoms with Crippen LogP contribution in [-0.4, -0.2) is 18.3 Å². The summed E-state index contributed by atoms with van der Waals surface area (Å²) in [5.41, 5.74) is 6.98. The molecular weight excluding hydrogens is 333 g/mol. The van der Waals surface area contributed by atoms with Crippen molar-refractivity contribution in [2.45, 2.75) is 51.1 Å². The number of benzene rings is 1. The highest BCUT2D eigenvalue weighted by atomic mass is 19.4. The van der Waals surface area contributed by atoms with Gasteiger partial charge in [0.15, 0.2) is 0 Å². The van der Waals surface area contributed by atoms with Crippen molar-refractivity contribution in [1.29, 1.82) is 0 Å². The second kappa shape index (κ2) is 7.23. The number of hydrogen-bond donors (Lipinski definition) is 2. The van der Waals surface area contributed by atoms with E-state index >= 15 is 0 Å². The quantitative estimate of drug-likeness (QED) is 0.870. The van der Waals surface area contributed by atoms with Crippen LogP contribution in [0.2, 0.25) is 0 Å². The van der Waals surface area contributed by atoms with Gasteiger partial charge in [0.2, 0.25) is 5.91 Å². The van der Waals surface area contributed by atoms with Crippen LogP contribution in [-0.2, 0) is 11.3 Å². The molecule has 2 fully saturated rings.